The molecule has 3 heterocycles. The van der Waals surface area contributed by atoms with E-state index in [-0.39, 0.29) is 0 Å². The smallest absolute Gasteiger partial charge is 0.229 e. The van der Waals surface area contributed by atoms with Crippen LogP contribution in [0.25, 0.3) is 17.1 Å². The van der Waals surface area contributed by atoms with E-state index in [0.29, 0.717) is 18.2 Å². The number of hydrogen-bond acceptors (Lipinski definition) is 12. The summed E-state index contributed by atoms with van der Waals surface area (Å²) in [5, 5.41) is 7.06. The van der Waals surface area contributed by atoms with Gasteiger partial charge in [-0.1, -0.05) is 25.8 Å². The predicted molar refractivity (Wildman–Crippen MR) is 185 cm³/mol. The Hall–Kier alpha value is -4.29. The molecule has 12 heteroatoms. The molecule has 0 spiro atoms. The number of benzene rings is 2. The Kier molecular flexibility index (Phi) is 9.91. The molecule has 0 aliphatic carbocycles. The van der Waals surface area contributed by atoms with Gasteiger partial charge in [-0.2, -0.15) is 4.98 Å². The number of aryl methyl sites for hydroxylation is 2. The maximum atomic E-state index is 5.90. The lowest BCUT2D eigenvalue weighted by Gasteiger charge is -2.35. The minimum absolute atomic E-state index is 0.464. The van der Waals surface area contributed by atoms with Crippen LogP contribution in [0.5, 0.6) is 5.75 Å². The molecule has 232 valence electrons. The molecule has 44 heavy (non-hydrogen) atoms. The lowest BCUT2D eigenvalue weighted by Crippen LogP contribution is -2.44. The summed E-state index contributed by atoms with van der Waals surface area (Å²) in [5.41, 5.74) is 14.2. The molecule has 5 rings (SSSR count). The highest BCUT2D eigenvalue weighted by molar-refractivity contribution is 7.99. The van der Waals surface area contributed by atoms with Gasteiger partial charge in [0, 0.05) is 69.2 Å². The Labute approximate surface area is 264 Å². The molecule has 0 bridgehead atoms. The summed E-state index contributed by atoms with van der Waals surface area (Å²) in [6.45, 7) is 8.31. The molecule has 1 fully saturated rings. The lowest BCUT2D eigenvalue weighted by molar-refractivity contribution is 0.312. The SMILES string of the molecule is CCc1cc(Nc2nc(CC)c(/C=C\N)c(Nc3ccc4nccnc4c3N(C)SC)n2)c(OC)cc1N1CCN(C)CC1. The van der Waals surface area contributed by atoms with Gasteiger partial charge in [0.15, 0.2) is 0 Å². The largest absolute Gasteiger partial charge is 0.494 e. The minimum atomic E-state index is 0.464. The van der Waals surface area contributed by atoms with E-state index in [1.54, 1.807) is 31.5 Å². The summed E-state index contributed by atoms with van der Waals surface area (Å²) in [5.74, 6) is 1.84. The Morgan fingerprint density at radius 2 is 1.80 bits per heavy atom. The van der Waals surface area contributed by atoms with Crippen molar-refractivity contribution < 1.29 is 4.74 Å². The van der Waals surface area contributed by atoms with Gasteiger partial charge in [-0.15, -0.1) is 0 Å². The number of nitrogens with one attached hydrogen (secondary N) is 2. The zero-order chi connectivity index (χ0) is 31.2. The third kappa shape index (κ3) is 6.46. The van der Waals surface area contributed by atoms with E-state index in [9.17, 15) is 0 Å². The summed E-state index contributed by atoms with van der Waals surface area (Å²) >= 11 is 1.59. The number of ether oxygens (including phenoxy) is 1. The molecule has 2 aromatic heterocycles. The number of rotatable bonds is 11. The van der Waals surface area contributed by atoms with Crippen LogP contribution in [0.15, 0.2) is 42.9 Å². The maximum absolute atomic E-state index is 5.90. The van der Waals surface area contributed by atoms with Gasteiger partial charge in [-0.05, 0) is 55.9 Å². The van der Waals surface area contributed by atoms with Gasteiger partial charge in [-0.3, -0.25) is 9.97 Å². The summed E-state index contributed by atoms with van der Waals surface area (Å²) in [6.07, 6.45) is 10.4. The molecule has 4 aromatic rings. The van der Waals surface area contributed by atoms with E-state index in [0.717, 1.165) is 77.7 Å². The number of fused-ring (bicyclic) bond motifs is 1. The Bertz CT molecular complexity index is 1640. The van der Waals surface area contributed by atoms with Crippen molar-refractivity contribution in [2.24, 2.45) is 5.73 Å². The topological polar surface area (TPSA) is 121 Å². The highest BCUT2D eigenvalue weighted by Gasteiger charge is 2.21. The van der Waals surface area contributed by atoms with Gasteiger partial charge in [0.1, 0.15) is 17.1 Å². The maximum Gasteiger partial charge on any atom is 0.229 e. The van der Waals surface area contributed by atoms with Crippen molar-refractivity contribution in [1.82, 2.24) is 24.8 Å². The fourth-order valence-electron chi connectivity index (χ4n) is 5.49. The van der Waals surface area contributed by atoms with E-state index in [4.69, 9.17) is 20.4 Å². The molecule has 4 N–H and O–H groups in total. The summed E-state index contributed by atoms with van der Waals surface area (Å²) in [4.78, 5) is 23.8. The van der Waals surface area contributed by atoms with Crippen LogP contribution in [0.2, 0.25) is 0 Å². The standard InChI is InChI=1S/C32H42N10OS/c1-7-21-19-26(28(43-5)20-27(21)42-17-15-40(3)16-18-42)38-32-37-23(8-2)22(11-12-33)31(39-32)36-25-10-9-24-29(35-14-13-34-24)30(25)41(4)44-6/h9-14,19-20H,7-8,15-18,33H2,1-6H3,(H2,36,37,38,39)/b12-11-. The summed E-state index contributed by atoms with van der Waals surface area (Å²) in [7, 11) is 5.88. The third-order valence-electron chi connectivity index (χ3n) is 7.95. The second kappa shape index (κ2) is 14.0. The highest BCUT2D eigenvalue weighted by Crippen LogP contribution is 2.39. The summed E-state index contributed by atoms with van der Waals surface area (Å²) < 4.78 is 7.96. The molecule has 0 unspecified atom stereocenters. The van der Waals surface area contributed by atoms with Gasteiger partial charge in [-0.25, -0.2) is 4.98 Å². The quantitative estimate of drug-likeness (QED) is 0.187. The van der Waals surface area contributed by atoms with Crippen LogP contribution >= 0.6 is 11.9 Å². The molecule has 0 radical (unpaired) electrons. The number of aromatic nitrogens is 4. The van der Waals surface area contributed by atoms with Crippen LogP contribution in [0.4, 0.5) is 34.5 Å². The Morgan fingerprint density at radius 1 is 1.02 bits per heavy atom. The highest BCUT2D eigenvalue weighted by atomic mass is 32.2. The van der Waals surface area contributed by atoms with Gasteiger partial charge in [0.2, 0.25) is 5.95 Å². The second-order valence-corrected chi connectivity index (χ2v) is 11.5. The zero-order valence-electron chi connectivity index (χ0n) is 26.4. The van der Waals surface area contributed by atoms with E-state index >= 15 is 0 Å². The molecular weight excluding hydrogens is 572 g/mol. The fourth-order valence-corrected chi connectivity index (χ4v) is 5.86. The molecule has 0 saturated carbocycles. The lowest BCUT2D eigenvalue weighted by atomic mass is 10.1. The van der Waals surface area contributed by atoms with E-state index < -0.39 is 0 Å². The minimum Gasteiger partial charge on any atom is -0.494 e. The van der Waals surface area contributed by atoms with Crippen LogP contribution in [-0.4, -0.2) is 78.5 Å². The van der Waals surface area contributed by atoms with Crippen molar-refractivity contribution in [1.29, 1.82) is 0 Å². The average Bonchev–Trinajstić information content (AvgIpc) is 3.05. The number of methoxy groups -OCH3 is 1. The van der Waals surface area contributed by atoms with Crippen LogP contribution in [-0.2, 0) is 12.8 Å². The first-order valence-corrected chi connectivity index (χ1v) is 16.1. The van der Waals surface area contributed by atoms with Crippen LogP contribution < -0.4 is 30.3 Å². The van der Waals surface area contributed by atoms with Crippen LogP contribution in [0.1, 0.15) is 30.7 Å². The Balaban J connectivity index is 1.57. The molecule has 0 amide bonds. The number of anilines is 6. The molecule has 1 saturated heterocycles. The van der Waals surface area contributed by atoms with Crippen molar-refractivity contribution in [3.05, 3.63) is 59.7 Å². The van der Waals surface area contributed by atoms with Crippen molar-refractivity contribution in [2.45, 2.75) is 26.7 Å². The van der Waals surface area contributed by atoms with Crippen LogP contribution in [0, 0.1) is 0 Å². The average molecular weight is 615 g/mol. The molecular formula is C32H42N10OS. The molecule has 1 aliphatic rings. The second-order valence-electron chi connectivity index (χ2n) is 10.6. The van der Waals surface area contributed by atoms with Crippen molar-refractivity contribution >= 4 is 63.6 Å². The van der Waals surface area contributed by atoms with Crippen molar-refractivity contribution in [3.63, 3.8) is 0 Å². The first kappa shape index (κ1) is 31.1. The molecule has 0 atom stereocenters. The first-order valence-electron chi connectivity index (χ1n) is 14.9. The van der Waals surface area contributed by atoms with Gasteiger partial charge < -0.3 is 35.2 Å². The molecule has 2 aromatic carbocycles. The van der Waals surface area contributed by atoms with Gasteiger partial charge >= 0.3 is 0 Å². The van der Waals surface area contributed by atoms with Gasteiger partial charge in [0.05, 0.1) is 35.4 Å². The van der Waals surface area contributed by atoms with Gasteiger partial charge in [0.25, 0.3) is 0 Å². The van der Waals surface area contributed by atoms with E-state index in [1.165, 1.54) is 17.5 Å². The first-order chi connectivity index (χ1) is 21.4. The van der Waals surface area contributed by atoms with Crippen LogP contribution in [0.3, 0.4) is 0 Å². The monoisotopic (exact) mass is 614 g/mol. The Morgan fingerprint density at radius 3 is 2.48 bits per heavy atom. The normalized spacial score (nSPS) is 13.9. The number of likely N-dealkylation sites (N-methyl/N-ethyl adjacent to an activating group) is 1. The van der Waals surface area contributed by atoms with Crippen molar-refractivity contribution in [2.75, 3.05) is 73.5 Å². The third-order valence-corrected chi connectivity index (χ3v) is 8.68. The van der Waals surface area contributed by atoms with Crippen molar-refractivity contribution in [3.8, 4) is 5.75 Å². The van der Waals surface area contributed by atoms with E-state index in [1.807, 2.05) is 31.5 Å². The zero-order valence-corrected chi connectivity index (χ0v) is 27.2. The summed E-state index contributed by atoms with van der Waals surface area (Å²) in [6, 6.07) is 8.26. The fraction of sp³-hybridized carbons (Fsp3) is 0.375. The number of nitrogens with two attached hydrogens (primary N) is 1. The number of hydrogen-bond donors (Lipinski definition) is 3. The molecule has 11 nitrogen and oxygen atoms in total. The van der Waals surface area contributed by atoms with E-state index in [2.05, 4.69) is 67.7 Å². The number of nitrogens with zero attached hydrogens (tertiary/aromatic N) is 7. The molecule has 1 aliphatic heterocycles. The predicted octanol–water partition coefficient (Wildman–Crippen LogP) is 5.44. The number of piperazine rings is 1.